The molecule has 0 aliphatic heterocycles. The number of rotatable bonds is 6. The van der Waals surface area contributed by atoms with Gasteiger partial charge in [-0.3, -0.25) is 14.6 Å². The summed E-state index contributed by atoms with van der Waals surface area (Å²) in [6.45, 7) is 1.74. The van der Waals surface area contributed by atoms with Crippen molar-refractivity contribution in [2.75, 3.05) is 7.05 Å². The third-order valence-electron chi connectivity index (χ3n) is 4.46. The van der Waals surface area contributed by atoms with E-state index in [0.717, 1.165) is 5.56 Å². The van der Waals surface area contributed by atoms with Gasteiger partial charge in [-0.1, -0.05) is 24.3 Å². The Morgan fingerprint density at radius 3 is 2.38 bits per heavy atom. The summed E-state index contributed by atoms with van der Waals surface area (Å²) in [4.78, 5) is 32.7. The van der Waals surface area contributed by atoms with Crippen LogP contribution in [0.25, 0.3) is 0 Å². The second kappa shape index (κ2) is 7.88. The normalized spacial score (nSPS) is 11.2. The van der Waals surface area contributed by atoms with Crippen molar-refractivity contribution >= 4 is 21.7 Å². The Bertz CT molecular complexity index is 1160. The molecule has 0 saturated carbocycles. The van der Waals surface area contributed by atoms with E-state index in [2.05, 4.69) is 9.97 Å². The summed E-state index contributed by atoms with van der Waals surface area (Å²) in [7, 11) is -2.48. The highest BCUT2D eigenvalue weighted by Gasteiger charge is 2.32. The van der Waals surface area contributed by atoms with Gasteiger partial charge in [0, 0.05) is 26.0 Å². The monoisotopic (exact) mass is 412 g/mol. The van der Waals surface area contributed by atoms with Gasteiger partial charge >= 0.3 is 0 Å². The van der Waals surface area contributed by atoms with Crippen LogP contribution in [0, 0.1) is 6.92 Å². The number of nitrogens with two attached hydrogens (primary N) is 1. The number of aromatic nitrogens is 2. The van der Waals surface area contributed by atoms with E-state index in [4.69, 9.17) is 5.73 Å². The summed E-state index contributed by atoms with van der Waals surface area (Å²) in [6.07, 6.45) is 3.26. The van der Waals surface area contributed by atoms with Crippen LogP contribution in [0.2, 0.25) is 0 Å². The quantitative estimate of drug-likeness (QED) is 0.640. The molecule has 3 N–H and O–H groups in total. The molecule has 0 spiro atoms. The molecule has 1 aromatic carbocycles. The molecule has 0 unspecified atom stereocenters. The third kappa shape index (κ3) is 3.90. The lowest BCUT2D eigenvalue weighted by atomic mass is 10.2. The maximum Gasteiger partial charge on any atom is 0.270 e. The minimum Gasteiger partial charge on any atom is -0.364 e. The summed E-state index contributed by atoms with van der Waals surface area (Å²) < 4.78 is 26.2. The summed E-state index contributed by atoms with van der Waals surface area (Å²) in [5, 5.41) is 0. The molecule has 3 rings (SSSR count). The van der Waals surface area contributed by atoms with Crippen molar-refractivity contribution in [3.8, 4) is 0 Å². The Morgan fingerprint density at radius 1 is 1.10 bits per heavy atom. The first-order chi connectivity index (χ1) is 13.7. The predicted molar refractivity (Wildman–Crippen MR) is 106 cm³/mol. The van der Waals surface area contributed by atoms with E-state index >= 15 is 0 Å². The van der Waals surface area contributed by atoms with Crippen molar-refractivity contribution < 1.29 is 18.0 Å². The van der Waals surface area contributed by atoms with Crippen molar-refractivity contribution in [3.05, 3.63) is 77.4 Å². The van der Waals surface area contributed by atoms with Gasteiger partial charge in [0.05, 0.1) is 4.90 Å². The fourth-order valence-corrected chi connectivity index (χ4v) is 4.72. The van der Waals surface area contributed by atoms with Gasteiger partial charge < -0.3 is 15.6 Å². The van der Waals surface area contributed by atoms with Crippen LogP contribution in [-0.4, -0.2) is 42.1 Å². The molecule has 0 atom stereocenters. The Kier molecular flexibility index (Phi) is 5.51. The Balaban J connectivity index is 2.05. The van der Waals surface area contributed by atoms with Crippen LogP contribution in [0.5, 0.6) is 0 Å². The summed E-state index contributed by atoms with van der Waals surface area (Å²) >= 11 is 0. The van der Waals surface area contributed by atoms with E-state index in [-0.39, 0.29) is 33.3 Å². The Hall–Kier alpha value is -3.46. The Morgan fingerprint density at radius 2 is 1.79 bits per heavy atom. The number of pyridine rings is 1. The second-order valence-electron chi connectivity index (χ2n) is 6.53. The van der Waals surface area contributed by atoms with Crippen LogP contribution in [0.1, 0.15) is 32.1 Å². The number of nitrogens with one attached hydrogen (secondary N) is 1. The second-order valence-corrected chi connectivity index (χ2v) is 8.42. The molecule has 0 aliphatic rings. The van der Waals surface area contributed by atoms with E-state index < -0.39 is 21.7 Å². The van der Waals surface area contributed by atoms with Crippen LogP contribution >= 0.6 is 0 Å². The number of amides is 2. The number of H-pyrrole nitrogens is 1. The summed E-state index contributed by atoms with van der Waals surface area (Å²) in [5.41, 5.74) is 6.04. The lowest BCUT2D eigenvalue weighted by Gasteiger charge is -2.17. The zero-order valence-electron chi connectivity index (χ0n) is 15.9. The average molecular weight is 412 g/mol. The molecular weight excluding hydrogens is 392 g/mol. The van der Waals surface area contributed by atoms with Gasteiger partial charge in [0.2, 0.25) is 9.84 Å². The first-order valence-corrected chi connectivity index (χ1v) is 10.2. The smallest absolute Gasteiger partial charge is 0.270 e. The highest BCUT2D eigenvalue weighted by Crippen LogP contribution is 2.30. The fraction of sp³-hybridized carbons (Fsp3) is 0.150. The van der Waals surface area contributed by atoms with E-state index in [1.807, 2.05) is 6.07 Å². The van der Waals surface area contributed by atoms with E-state index in [1.165, 1.54) is 24.0 Å². The van der Waals surface area contributed by atoms with Gasteiger partial charge in [-0.2, -0.15) is 0 Å². The van der Waals surface area contributed by atoms with Gasteiger partial charge in [0.1, 0.15) is 16.3 Å². The van der Waals surface area contributed by atoms with Gasteiger partial charge in [-0.15, -0.1) is 0 Å². The topological polar surface area (TPSA) is 126 Å². The van der Waals surface area contributed by atoms with Gasteiger partial charge in [0.25, 0.3) is 11.8 Å². The SMILES string of the molecule is Cc1c(C(=O)N(C)Cc2cccnc2)[nH]c(C(N)=O)c1S(=O)(=O)c1ccccc1. The number of hydrogen-bond acceptors (Lipinski definition) is 5. The van der Waals surface area contributed by atoms with Crippen LogP contribution in [0.15, 0.2) is 64.6 Å². The molecule has 150 valence electrons. The van der Waals surface area contributed by atoms with Crippen LogP contribution < -0.4 is 5.73 Å². The lowest BCUT2D eigenvalue weighted by molar-refractivity contribution is 0.0779. The zero-order chi connectivity index (χ0) is 21.2. The Labute approximate surface area is 168 Å². The molecule has 2 aromatic heterocycles. The number of aromatic amines is 1. The first-order valence-electron chi connectivity index (χ1n) is 8.70. The number of carbonyl (C=O) groups is 2. The van der Waals surface area contributed by atoms with E-state index in [9.17, 15) is 18.0 Å². The van der Waals surface area contributed by atoms with E-state index in [1.54, 1.807) is 43.7 Å². The maximum atomic E-state index is 13.1. The standard InChI is InChI=1S/C20H20N4O4S/c1-13-16(20(26)24(2)12-14-7-6-10-22-11-14)23-17(19(21)25)18(13)29(27,28)15-8-4-3-5-9-15/h3-11,23H,12H2,1-2H3,(H2,21,25). The van der Waals surface area contributed by atoms with Crippen LogP contribution in [0.4, 0.5) is 0 Å². The maximum absolute atomic E-state index is 13.1. The highest BCUT2D eigenvalue weighted by molar-refractivity contribution is 7.91. The summed E-state index contributed by atoms with van der Waals surface area (Å²) in [6, 6.07) is 11.2. The van der Waals surface area contributed by atoms with Crippen molar-refractivity contribution in [2.24, 2.45) is 5.73 Å². The zero-order valence-corrected chi connectivity index (χ0v) is 16.7. The molecule has 9 heteroatoms. The number of nitrogens with zero attached hydrogens (tertiary/aromatic N) is 2. The summed E-state index contributed by atoms with van der Waals surface area (Å²) in [5.74, 6) is -1.43. The predicted octanol–water partition coefficient (Wildman–Crippen LogP) is 1.92. The molecule has 0 radical (unpaired) electrons. The van der Waals surface area contributed by atoms with Crippen molar-refractivity contribution in [1.82, 2.24) is 14.9 Å². The largest absolute Gasteiger partial charge is 0.364 e. The lowest BCUT2D eigenvalue weighted by Crippen LogP contribution is -2.27. The molecule has 2 heterocycles. The first kappa shape index (κ1) is 20.3. The molecule has 3 aromatic rings. The van der Waals surface area contributed by atoms with E-state index in [0.29, 0.717) is 0 Å². The number of benzene rings is 1. The molecule has 0 aliphatic carbocycles. The molecule has 29 heavy (non-hydrogen) atoms. The molecule has 8 nitrogen and oxygen atoms in total. The van der Waals surface area contributed by atoms with Crippen LogP contribution in [0.3, 0.4) is 0 Å². The molecule has 0 fully saturated rings. The minimum absolute atomic E-state index is 0.000281. The number of hydrogen-bond donors (Lipinski definition) is 2. The van der Waals surface area contributed by atoms with Crippen molar-refractivity contribution in [3.63, 3.8) is 0 Å². The molecular formula is C20H20N4O4S. The molecule has 2 amide bonds. The third-order valence-corrected chi connectivity index (χ3v) is 6.40. The fourth-order valence-electron chi connectivity index (χ4n) is 3.05. The van der Waals surface area contributed by atoms with Crippen molar-refractivity contribution in [1.29, 1.82) is 0 Å². The minimum atomic E-state index is -4.06. The van der Waals surface area contributed by atoms with Crippen molar-refractivity contribution in [2.45, 2.75) is 23.3 Å². The number of carbonyl (C=O) groups excluding carboxylic acids is 2. The number of primary amides is 1. The average Bonchev–Trinajstić information content (AvgIpc) is 3.07. The van der Waals surface area contributed by atoms with Gasteiger partial charge in [-0.05, 0) is 36.2 Å². The molecule has 0 bridgehead atoms. The molecule has 0 saturated heterocycles. The highest BCUT2D eigenvalue weighted by atomic mass is 32.2. The van der Waals surface area contributed by atoms with Crippen LogP contribution in [-0.2, 0) is 16.4 Å². The van der Waals surface area contributed by atoms with Gasteiger partial charge in [-0.25, -0.2) is 8.42 Å². The number of sulfone groups is 1. The van der Waals surface area contributed by atoms with Gasteiger partial charge in [0.15, 0.2) is 0 Å².